The second kappa shape index (κ2) is 5.41. The minimum atomic E-state index is -0.548. The molecule has 108 valence electrons. The number of hydrogen-bond donors (Lipinski definition) is 1. The third-order valence-electron chi connectivity index (χ3n) is 4.74. The first-order valence-electron chi connectivity index (χ1n) is 7.84. The van der Waals surface area contributed by atoms with Gasteiger partial charge >= 0.3 is 0 Å². The molecule has 1 N–H and O–H groups in total. The largest absolute Gasteiger partial charge is 0.365 e. The Kier molecular flexibility index (Phi) is 3.81. The Bertz CT molecular complexity index is 329. The summed E-state index contributed by atoms with van der Waals surface area (Å²) in [7, 11) is 0. The standard InChI is InChI=1S/C15H26N2O2/c1-15(7-3-9-19-15)14(18)17(10-12-5-6-12)11-13-4-2-8-16-13/h12-13,16H,2-11H2,1H3. The Morgan fingerprint density at radius 3 is 2.74 bits per heavy atom. The van der Waals surface area contributed by atoms with Crippen LogP contribution >= 0.6 is 0 Å². The summed E-state index contributed by atoms with van der Waals surface area (Å²) in [5, 5.41) is 3.50. The van der Waals surface area contributed by atoms with Crippen molar-refractivity contribution < 1.29 is 9.53 Å². The molecule has 2 saturated heterocycles. The van der Waals surface area contributed by atoms with E-state index in [0.717, 1.165) is 45.0 Å². The van der Waals surface area contributed by atoms with Gasteiger partial charge in [0.2, 0.25) is 0 Å². The van der Waals surface area contributed by atoms with Crippen LogP contribution in [0.1, 0.15) is 45.4 Å². The van der Waals surface area contributed by atoms with E-state index < -0.39 is 5.60 Å². The van der Waals surface area contributed by atoms with Crippen LogP contribution in [-0.4, -0.2) is 48.7 Å². The molecule has 0 radical (unpaired) electrons. The molecule has 1 saturated carbocycles. The lowest BCUT2D eigenvalue weighted by atomic mass is 10.00. The minimum Gasteiger partial charge on any atom is -0.365 e. The average molecular weight is 266 g/mol. The van der Waals surface area contributed by atoms with Crippen LogP contribution < -0.4 is 5.32 Å². The zero-order valence-corrected chi connectivity index (χ0v) is 12.0. The summed E-state index contributed by atoms with van der Waals surface area (Å²) in [6.07, 6.45) is 6.92. The molecule has 1 aliphatic carbocycles. The van der Waals surface area contributed by atoms with Gasteiger partial charge in [-0.05, 0) is 57.9 Å². The fourth-order valence-corrected chi connectivity index (χ4v) is 3.31. The fraction of sp³-hybridized carbons (Fsp3) is 0.933. The first-order valence-corrected chi connectivity index (χ1v) is 7.84. The van der Waals surface area contributed by atoms with Crippen molar-refractivity contribution in [2.75, 3.05) is 26.2 Å². The van der Waals surface area contributed by atoms with E-state index in [-0.39, 0.29) is 5.91 Å². The highest BCUT2D eigenvalue weighted by Crippen LogP contribution is 2.33. The van der Waals surface area contributed by atoms with Gasteiger partial charge in [0.15, 0.2) is 0 Å². The zero-order valence-electron chi connectivity index (χ0n) is 12.0. The second-order valence-electron chi connectivity index (χ2n) is 6.63. The molecule has 2 aliphatic heterocycles. The van der Waals surface area contributed by atoms with Crippen LogP contribution in [0.2, 0.25) is 0 Å². The van der Waals surface area contributed by atoms with Gasteiger partial charge in [-0.2, -0.15) is 0 Å². The number of rotatable bonds is 5. The van der Waals surface area contributed by atoms with E-state index in [0.29, 0.717) is 6.04 Å². The molecule has 4 heteroatoms. The summed E-state index contributed by atoms with van der Waals surface area (Å²) in [4.78, 5) is 14.9. The van der Waals surface area contributed by atoms with Gasteiger partial charge in [-0.3, -0.25) is 4.79 Å². The molecule has 3 aliphatic rings. The van der Waals surface area contributed by atoms with Crippen LogP contribution in [0.3, 0.4) is 0 Å². The van der Waals surface area contributed by atoms with Crippen LogP contribution in [-0.2, 0) is 9.53 Å². The second-order valence-corrected chi connectivity index (χ2v) is 6.63. The van der Waals surface area contributed by atoms with Crippen molar-refractivity contribution in [3.05, 3.63) is 0 Å². The fourth-order valence-electron chi connectivity index (χ4n) is 3.31. The van der Waals surface area contributed by atoms with Gasteiger partial charge in [0.05, 0.1) is 0 Å². The smallest absolute Gasteiger partial charge is 0.254 e. The Morgan fingerprint density at radius 1 is 1.32 bits per heavy atom. The zero-order chi connectivity index (χ0) is 13.3. The number of hydrogen-bond acceptors (Lipinski definition) is 3. The molecule has 0 aromatic carbocycles. The molecule has 4 nitrogen and oxygen atoms in total. The van der Waals surface area contributed by atoms with E-state index in [4.69, 9.17) is 4.74 Å². The van der Waals surface area contributed by atoms with E-state index in [1.54, 1.807) is 0 Å². The lowest BCUT2D eigenvalue weighted by Gasteiger charge is -2.33. The highest BCUT2D eigenvalue weighted by Gasteiger charge is 2.42. The van der Waals surface area contributed by atoms with Gasteiger partial charge < -0.3 is 15.0 Å². The summed E-state index contributed by atoms with van der Waals surface area (Å²) in [5.41, 5.74) is -0.548. The highest BCUT2D eigenvalue weighted by molar-refractivity contribution is 5.85. The summed E-state index contributed by atoms with van der Waals surface area (Å²) in [6, 6.07) is 0.493. The molecular weight excluding hydrogens is 240 g/mol. The lowest BCUT2D eigenvalue weighted by molar-refractivity contribution is -0.151. The van der Waals surface area contributed by atoms with Crippen LogP contribution in [0.5, 0.6) is 0 Å². The van der Waals surface area contributed by atoms with Gasteiger partial charge in [0.1, 0.15) is 5.60 Å². The molecule has 2 unspecified atom stereocenters. The van der Waals surface area contributed by atoms with Crippen molar-refractivity contribution in [1.82, 2.24) is 10.2 Å². The van der Waals surface area contributed by atoms with Gasteiger partial charge in [-0.15, -0.1) is 0 Å². The van der Waals surface area contributed by atoms with Crippen molar-refractivity contribution >= 4 is 5.91 Å². The number of ether oxygens (including phenoxy) is 1. The molecule has 0 aromatic rings. The third kappa shape index (κ3) is 3.11. The monoisotopic (exact) mass is 266 g/mol. The summed E-state index contributed by atoms with van der Waals surface area (Å²) in [5.74, 6) is 0.973. The van der Waals surface area contributed by atoms with E-state index in [1.807, 2.05) is 6.92 Å². The van der Waals surface area contributed by atoms with Crippen LogP contribution in [0.4, 0.5) is 0 Å². The average Bonchev–Trinajstić information content (AvgIpc) is 2.89. The van der Waals surface area contributed by atoms with E-state index in [9.17, 15) is 4.79 Å². The maximum absolute atomic E-state index is 12.8. The highest BCUT2D eigenvalue weighted by atomic mass is 16.5. The first-order chi connectivity index (χ1) is 9.17. The predicted molar refractivity (Wildman–Crippen MR) is 73.9 cm³/mol. The Hall–Kier alpha value is -0.610. The normalized spacial score (nSPS) is 34.7. The molecule has 2 heterocycles. The Balaban J connectivity index is 1.64. The molecule has 3 fully saturated rings. The number of nitrogens with one attached hydrogen (secondary N) is 1. The van der Waals surface area contributed by atoms with Gasteiger partial charge in [0.25, 0.3) is 5.91 Å². The molecule has 0 aromatic heterocycles. The minimum absolute atomic E-state index is 0.227. The number of amides is 1. The molecule has 1 amide bonds. The van der Waals surface area contributed by atoms with Gasteiger partial charge in [-0.1, -0.05) is 0 Å². The molecule has 3 rings (SSSR count). The molecule has 0 bridgehead atoms. The van der Waals surface area contributed by atoms with Gasteiger partial charge in [0, 0.05) is 25.7 Å². The molecular formula is C15H26N2O2. The van der Waals surface area contributed by atoms with Crippen molar-refractivity contribution in [2.24, 2.45) is 5.92 Å². The van der Waals surface area contributed by atoms with E-state index >= 15 is 0 Å². The lowest BCUT2D eigenvalue weighted by Crippen LogP contribution is -2.51. The van der Waals surface area contributed by atoms with Gasteiger partial charge in [-0.25, -0.2) is 0 Å². The van der Waals surface area contributed by atoms with E-state index in [1.165, 1.54) is 25.7 Å². The van der Waals surface area contributed by atoms with Crippen LogP contribution in [0.25, 0.3) is 0 Å². The van der Waals surface area contributed by atoms with Crippen molar-refractivity contribution in [3.8, 4) is 0 Å². The maximum Gasteiger partial charge on any atom is 0.254 e. The molecule has 2 atom stereocenters. The Morgan fingerprint density at radius 2 is 2.16 bits per heavy atom. The number of carbonyl (C=O) groups is 1. The van der Waals surface area contributed by atoms with E-state index in [2.05, 4.69) is 10.2 Å². The summed E-state index contributed by atoms with van der Waals surface area (Å²) in [6.45, 7) is 5.62. The molecule has 19 heavy (non-hydrogen) atoms. The Labute approximate surface area is 115 Å². The predicted octanol–water partition coefficient (Wildman–Crippen LogP) is 1.55. The van der Waals surface area contributed by atoms with Crippen molar-refractivity contribution in [2.45, 2.75) is 57.1 Å². The topological polar surface area (TPSA) is 41.6 Å². The summed E-state index contributed by atoms with van der Waals surface area (Å²) >= 11 is 0. The maximum atomic E-state index is 12.8. The van der Waals surface area contributed by atoms with Crippen molar-refractivity contribution in [3.63, 3.8) is 0 Å². The van der Waals surface area contributed by atoms with Crippen LogP contribution in [0.15, 0.2) is 0 Å². The number of nitrogens with zero attached hydrogens (tertiary/aromatic N) is 1. The first kappa shape index (κ1) is 13.4. The summed E-state index contributed by atoms with van der Waals surface area (Å²) < 4.78 is 5.74. The molecule has 0 spiro atoms. The van der Waals surface area contributed by atoms with Crippen LogP contribution in [0, 0.1) is 5.92 Å². The number of carbonyl (C=O) groups excluding carboxylic acids is 1. The SMILES string of the molecule is CC1(C(=O)N(CC2CC2)CC2CCCN2)CCCO1. The third-order valence-corrected chi connectivity index (χ3v) is 4.74. The van der Waals surface area contributed by atoms with Crippen molar-refractivity contribution in [1.29, 1.82) is 0 Å². The quantitative estimate of drug-likeness (QED) is 0.821.